The maximum Gasteiger partial charge on any atom is 0.216 e. The Labute approximate surface area is 72.6 Å². The summed E-state index contributed by atoms with van der Waals surface area (Å²) in [6, 6.07) is 1.87. The maximum atomic E-state index is 13.1. The van der Waals surface area contributed by atoms with Gasteiger partial charge in [-0.3, -0.25) is 0 Å². The SMILES string of the molecule is CCC(C)c1cc(C)cnc1F. The van der Waals surface area contributed by atoms with Crippen LogP contribution in [-0.2, 0) is 0 Å². The topological polar surface area (TPSA) is 12.9 Å². The molecule has 0 bridgehead atoms. The predicted molar refractivity (Wildman–Crippen MR) is 47.6 cm³/mol. The zero-order valence-electron chi connectivity index (χ0n) is 7.76. The van der Waals surface area contributed by atoms with Crippen LogP contribution >= 0.6 is 0 Å². The van der Waals surface area contributed by atoms with Crippen molar-refractivity contribution in [1.82, 2.24) is 4.98 Å². The van der Waals surface area contributed by atoms with Gasteiger partial charge in [0.15, 0.2) is 0 Å². The van der Waals surface area contributed by atoms with Crippen LogP contribution < -0.4 is 0 Å². The van der Waals surface area contributed by atoms with E-state index in [4.69, 9.17) is 0 Å². The molecule has 66 valence electrons. The van der Waals surface area contributed by atoms with E-state index < -0.39 is 0 Å². The fraction of sp³-hybridized carbons (Fsp3) is 0.500. The summed E-state index contributed by atoms with van der Waals surface area (Å²) in [6.07, 6.45) is 2.50. The van der Waals surface area contributed by atoms with Gasteiger partial charge in [0.1, 0.15) is 0 Å². The Balaban J connectivity index is 3.04. The highest BCUT2D eigenvalue weighted by Gasteiger charge is 2.09. The van der Waals surface area contributed by atoms with Crippen molar-refractivity contribution in [3.8, 4) is 0 Å². The van der Waals surface area contributed by atoms with Gasteiger partial charge in [0.2, 0.25) is 5.95 Å². The summed E-state index contributed by atoms with van der Waals surface area (Å²) in [7, 11) is 0. The smallest absolute Gasteiger partial charge is 0.216 e. The number of hydrogen-bond donors (Lipinski definition) is 0. The zero-order valence-corrected chi connectivity index (χ0v) is 7.76. The highest BCUT2D eigenvalue weighted by molar-refractivity contribution is 5.21. The molecule has 0 saturated carbocycles. The van der Waals surface area contributed by atoms with Crippen LogP contribution in [0.5, 0.6) is 0 Å². The molecular weight excluding hydrogens is 153 g/mol. The summed E-state index contributed by atoms with van der Waals surface area (Å²) in [5.41, 5.74) is 1.75. The van der Waals surface area contributed by atoms with Crippen molar-refractivity contribution in [1.29, 1.82) is 0 Å². The molecule has 2 heteroatoms. The number of halogens is 1. The van der Waals surface area contributed by atoms with Crippen LogP contribution in [0.3, 0.4) is 0 Å². The zero-order chi connectivity index (χ0) is 9.14. The Morgan fingerprint density at radius 3 is 2.83 bits per heavy atom. The molecule has 0 aliphatic rings. The molecule has 0 fully saturated rings. The van der Waals surface area contributed by atoms with Crippen molar-refractivity contribution in [2.45, 2.75) is 33.1 Å². The van der Waals surface area contributed by atoms with Crippen LogP contribution in [0.25, 0.3) is 0 Å². The van der Waals surface area contributed by atoms with Crippen molar-refractivity contribution in [3.05, 3.63) is 29.3 Å². The Morgan fingerprint density at radius 2 is 2.25 bits per heavy atom. The molecular formula is C10H14FN. The van der Waals surface area contributed by atoms with Gasteiger partial charge in [0.05, 0.1) is 0 Å². The standard InChI is InChI=1S/C10H14FN/c1-4-8(3)9-5-7(2)6-12-10(9)11/h5-6,8H,4H2,1-3H3. The molecule has 1 rings (SSSR count). The monoisotopic (exact) mass is 167 g/mol. The average molecular weight is 167 g/mol. The van der Waals surface area contributed by atoms with E-state index >= 15 is 0 Å². The minimum atomic E-state index is -0.324. The van der Waals surface area contributed by atoms with E-state index in [0.29, 0.717) is 0 Å². The lowest BCUT2D eigenvalue weighted by atomic mass is 9.99. The van der Waals surface area contributed by atoms with E-state index in [2.05, 4.69) is 4.98 Å². The Morgan fingerprint density at radius 1 is 1.58 bits per heavy atom. The summed E-state index contributed by atoms with van der Waals surface area (Å²) in [5, 5.41) is 0. The molecule has 0 amide bonds. The molecule has 0 radical (unpaired) electrons. The molecule has 1 unspecified atom stereocenters. The van der Waals surface area contributed by atoms with E-state index in [1.165, 1.54) is 0 Å². The molecule has 0 aliphatic heterocycles. The summed E-state index contributed by atoms with van der Waals surface area (Å²) < 4.78 is 13.1. The molecule has 12 heavy (non-hydrogen) atoms. The van der Waals surface area contributed by atoms with Gasteiger partial charge in [-0.1, -0.05) is 13.8 Å². The molecule has 1 aromatic rings. The Kier molecular flexibility index (Phi) is 2.79. The lowest BCUT2D eigenvalue weighted by Gasteiger charge is -2.09. The quantitative estimate of drug-likeness (QED) is 0.617. The first-order chi connectivity index (χ1) is 5.65. The van der Waals surface area contributed by atoms with Gasteiger partial charge in [-0.15, -0.1) is 0 Å². The first-order valence-corrected chi connectivity index (χ1v) is 4.27. The minimum Gasteiger partial charge on any atom is -0.228 e. The fourth-order valence-corrected chi connectivity index (χ4v) is 1.14. The third-order valence-electron chi connectivity index (χ3n) is 2.15. The first-order valence-electron chi connectivity index (χ1n) is 4.27. The normalized spacial score (nSPS) is 13.0. The number of aromatic nitrogens is 1. The molecule has 0 saturated heterocycles. The van der Waals surface area contributed by atoms with Crippen molar-refractivity contribution in [2.24, 2.45) is 0 Å². The van der Waals surface area contributed by atoms with Crippen molar-refractivity contribution in [2.75, 3.05) is 0 Å². The lowest BCUT2D eigenvalue weighted by molar-refractivity contribution is 0.545. The van der Waals surface area contributed by atoms with Gasteiger partial charge in [-0.05, 0) is 30.9 Å². The second-order valence-corrected chi connectivity index (χ2v) is 3.20. The lowest BCUT2D eigenvalue weighted by Crippen LogP contribution is -1.98. The number of nitrogens with zero attached hydrogens (tertiary/aromatic N) is 1. The summed E-state index contributed by atoms with van der Waals surface area (Å²) in [5.74, 6) is -0.0626. The number of hydrogen-bond acceptors (Lipinski definition) is 1. The van der Waals surface area contributed by atoms with E-state index in [1.54, 1.807) is 6.20 Å². The predicted octanol–water partition coefficient (Wildman–Crippen LogP) is 3.04. The molecule has 0 spiro atoms. The molecule has 0 aromatic carbocycles. The van der Waals surface area contributed by atoms with E-state index in [1.807, 2.05) is 26.8 Å². The summed E-state index contributed by atoms with van der Waals surface area (Å²) >= 11 is 0. The van der Waals surface area contributed by atoms with Gasteiger partial charge in [-0.2, -0.15) is 4.39 Å². The summed E-state index contributed by atoms with van der Waals surface area (Å²) in [6.45, 7) is 5.99. The van der Waals surface area contributed by atoms with Crippen molar-refractivity contribution < 1.29 is 4.39 Å². The van der Waals surface area contributed by atoms with E-state index in [9.17, 15) is 4.39 Å². The van der Waals surface area contributed by atoms with Gasteiger partial charge in [0.25, 0.3) is 0 Å². The molecule has 1 nitrogen and oxygen atoms in total. The van der Waals surface area contributed by atoms with Crippen LogP contribution in [0.2, 0.25) is 0 Å². The third kappa shape index (κ3) is 1.81. The van der Waals surface area contributed by atoms with Crippen LogP contribution in [-0.4, -0.2) is 4.98 Å². The van der Waals surface area contributed by atoms with Crippen LogP contribution in [0.15, 0.2) is 12.3 Å². The third-order valence-corrected chi connectivity index (χ3v) is 2.15. The second kappa shape index (κ2) is 3.65. The van der Waals surface area contributed by atoms with Gasteiger partial charge in [-0.25, -0.2) is 4.98 Å². The summed E-state index contributed by atoms with van der Waals surface area (Å²) in [4.78, 5) is 3.68. The number of aryl methyl sites for hydroxylation is 1. The van der Waals surface area contributed by atoms with E-state index in [0.717, 1.165) is 17.5 Å². The van der Waals surface area contributed by atoms with E-state index in [-0.39, 0.29) is 11.9 Å². The maximum absolute atomic E-state index is 13.1. The first kappa shape index (κ1) is 9.17. The van der Waals surface area contributed by atoms with Crippen molar-refractivity contribution >= 4 is 0 Å². The van der Waals surface area contributed by atoms with Gasteiger partial charge < -0.3 is 0 Å². The molecule has 1 atom stereocenters. The van der Waals surface area contributed by atoms with Crippen LogP contribution in [0, 0.1) is 12.9 Å². The van der Waals surface area contributed by atoms with Gasteiger partial charge >= 0.3 is 0 Å². The second-order valence-electron chi connectivity index (χ2n) is 3.20. The van der Waals surface area contributed by atoms with Crippen molar-refractivity contribution in [3.63, 3.8) is 0 Å². The van der Waals surface area contributed by atoms with Crippen LogP contribution in [0.4, 0.5) is 4.39 Å². The largest absolute Gasteiger partial charge is 0.228 e. The highest BCUT2D eigenvalue weighted by Crippen LogP contribution is 2.20. The van der Waals surface area contributed by atoms with Gasteiger partial charge in [0, 0.05) is 11.8 Å². The average Bonchev–Trinajstić information content (AvgIpc) is 2.08. The Bertz CT molecular complexity index is 271. The fourth-order valence-electron chi connectivity index (χ4n) is 1.14. The molecule has 1 aromatic heterocycles. The van der Waals surface area contributed by atoms with Crippen LogP contribution in [0.1, 0.15) is 37.3 Å². The Hall–Kier alpha value is -0.920. The number of rotatable bonds is 2. The molecule has 0 N–H and O–H groups in total. The minimum absolute atomic E-state index is 0.261. The number of pyridine rings is 1. The highest BCUT2D eigenvalue weighted by atomic mass is 19.1. The molecule has 0 aliphatic carbocycles. The molecule has 1 heterocycles.